The van der Waals surface area contributed by atoms with Crippen LogP contribution in [-0.2, 0) is 4.79 Å². The largest absolute Gasteiger partial charge is 0.481 e. The number of nitrogens with zero attached hydrogens (tertiary/aromatic N) is 1. The van der Waals surface area contributed by atoms with E-state index < -0.39 is 11.9 Å². The summed E-state index contributed by atoms with van der Waals surface area (Å²) in [5, 5.41) is 14.1. The summed E-state index contributed by atoms with van der Waals surface area (Å²) in [4.78, 5) is 24.1. The standard InChI is InChI=1S/C11H23N3O3/c1-4-5-9(10(15)16)8-13-11(17)12-6-7-14(2)3/h9H,4-8H2,1-3H3,(H,15,16)(H2,12,13,17). The fourth-order valence-corrected chi connectivity index (χ4v) is 1.33. The maximum atomic E-state index is 11.3. The normalized spacial score (nSPS) is 12.2. The molecule has 3 N–H and O–H groups in total. The average molecular weight is 245 g/mol. The lowest BCUT2D eigenvalue weighted by Crippen LogP contribution is -2.42. The predicted octanol–water partition coefficient (Wildman–Crippen LogP) is 0.348. The van der Waals surface area contributed by atoms with Crippen LogP contribution in [-0.4, -0.2) is 55.7 Å². The fraction of sp³-hybridized carbons (Fsp3) is 0.818. The quantitative estimate of drug-likeness (QED) is 0.576. The van der Waals surface area contributed by atoms with Crippen LogP contribution in [0, 0.1) is 5.92 Å². The topological polar surface area (TPSA) is 81.7 Å². The number of carboxylic acid groups (broad SMARTS) is 1. The maximum Gasteiger partial charge on any atom is 0.314 e. The molecule has 100 valence electrons. The molecule has 1 unspecified atom stereocenters. The van der Waals surface area contributed by atoms with Crippen molar-refractivity contribution in [2.45, 2.75) is 19.8 Å². The highest BCUT2D eigenvalue weighted by atomic mass is 16.4. The van der Waals surface area contributed by atoms with Gasteiger partial charge in [-0.25, -0.2) is 4.79 Å². The van der Waals surface area contributed by atoms with Crippen molar-refractivity contribution in [1.29, 1.82) is 0 Å². The Morgan fingerprint density at radius 2 is 1.94 bits per heavy atom. The molecule has 0 aromatic heterocycles. The van der Waals surface area contributed by atoms with E-state index in [4.69, 9.17) is 5.11 Å². The van der Waals surface area contributed by atoms with Crippen LogP contribution in [0.25, 0.3) is 0 Å². The first-order chi connectivity index (χ1) is 7.97. The van der Waals surface area contributed by atoms with E-state index in [1.54, 1.807) is 0 Å². The van der Waals surface area contributed by atoms with Gasteiger partial charge in [-0.05, 0) is 20.5 Å². The number of hydrogen-bond donors (Lipinski definition) is 3. The summed E-state index contributed by atoms with van der Waals surface area (Å²) in [7, 11) is 3.84. The Bertz CT molecular complexity index is 244. The summed E-state index contributed by atoms with van der Waals surface area (Å²) in [5.41, 5.74) is 0. The SMILES string of the molecule is CCCC(CNC(=O)NCCN(C)C)C(=O)O. The molecule has 0 spiro atoms. The number of nitrogens with one attached hydrogen (secondary N) is 2. The Hall–Kier alpha value is -1.30. The van der Waals surface area contributed by atoms with Gasteiger partial charge in [0.15, 0.2) is 0 Å². The van der Waals surface area contributed by atoms with E-state index in [0.717, 1.165) is 13.0 Å². The summed E-state index contributed by atoms with van der Waals surface area (Å²) in [6.07, 6.45) is 1.37. The van der Waals surface area contributed by atoms with E-state index >= 15 is 0 Å². The van der Waals surface area contributed by atoms with Crippen molar-refractivity contribution in [3.05, 3.63) is 0 Å². The summed E-state index contributed by atoms with van der Waals surface area (Å²) in [6.45, 7) is 3.40. The molecule has 0 aromatic carbocycles. The Kier molecular flexibility index (Phi) is 8.13. The van der Waals surface area contributed by atoms with Gasteiger partial charge in [0.05, 0.1) is 5.92 Å². The van der Waals surface area contributed by atoms with Gasteiger partial charge in [-0.2, -0.15) is 0 Å². The van der Waals surface area contributed by atoms with Crippen LogP contribution in [0.2, 0.25) is 0 Å². The second-order valence-corrected chi connectivity index (χ2v) is 4.26. The first kappa shape index (κ1) is 15.7. The van der Waals surface area contributed by atoms with E-state index in [2.05, 4.69) is 10.6 Å². The van der Waals surface area contributed by atoms with Gasteiger partial charge < -0.3 is 20.6 Å². The molecule has 17 heavy (non-hydrogen) atoms. The number of likely N-dealkylation sites (N-methyl/N-ethyl adjacent to an activating group) is 1. The third-order valence-electron chi connectivity index (χ3n) is 2.34. The second kappa shape index (κ2) is 8.81. The van der Waals surface area contributed by atoms with E-state index in [1.165, 1.54) is 0 Å². The van der Waals surface area contributed by atoms with Crippen LogP contribution < -0.4 is 10.6 Å². The van der Waals surface area contributed by atoms with E-state index in [1.807, 2.05) is 25.9 Å². The van der Waals surface area contributed by atoms with E-state index in [-0.39, 0.29) is 12.6 Å². The number of carbonyl (C=O) groups excluding carboxylic acids is 1. The molecule has 0 aromatic rings. The van der Waals surface area contributed by atoms with E-state index in [9.17, 15) is 9.59 Å². The maximum absolute atomic E-state index is 11.3. The van der Waals surface area contributed by atoms with Crippen molar-refractivity contribution in [2.75, 3.05) is 33.7 Å². The van der Waals surface area contributed by atoms with Crippen LogP contribution in [0.1, 0.15) is 19.8 Å². The minimum Gasteiger partial charge on any atom is -0.481 e. The van der Waals surface area contributed by atoms with Gasteiger partial charge in [-0.1, -0.05) is 13.3 Å². The Morgan fingerprint density at radius 1 is 1.29 bits per heavy atom. The van der Waals surface area contributed by atoms with Gasteiger partial charge in [0.25, 0.3) is 0 Å². The number of carboxylic acids is 1. The molecular weight excluding hydrogens is 222 g/mol. The molecule has 0 aliphatic carbocycles. The van der Waals surface area contributed by atoms with Gasteiger partial charge in [0.1, 0.15) is 0 Å². The van der Waals surface area contributed by atoms with Crippen LogP contribution in [0.15, 0.2) is 0 Å². The van der Waals surface area contributed by atoms with Crippen molar-refractivity contribution in [1.82, 2.24) is 15.5 Å². The number of carbonyl (C=O) groups is 2. The lowest BCUT2D eigenvalue weighted by atomic mass is 10.0. The Morgan fingerprint density at radius 3 is 2.41 bits per heavy atom. The smallest absolute Gasteiger partial charge is 0.314 e. The second-order valence-electron chi connectivity index (χ2n) is 4.26. The lowest BCUT2D eigenvalue weighted by molar-refractivity contribution is -0.141. The van der Waals surface area contributed by atoms with Gasteiger partial charge in [0.2, 0.25) is 0 Å². The summed E-state index contributed by atoms with van der Waals surface area (Å²) < 4.78 is 0. The molecule has 0 fully saturated rings. The molecule has 0 aliphatic rings. The average Bonchev–Trinajstić information content (AvgIpc) is 2.23. The van der Waals surface area contributed by atoms with Crippen LogP contribution in [0.4, 0.5) is 4.79 Å². The number of aliphatic carboxylic acids is 1. The highest BCUT2D eigenvalue weighted by molar-refractivity contribution is 5.75. The van der Waals surface area contributed by atoms with Crippen molar-refractivity contribution in [3.63, 3.8) is 0 Å². The first-order valence-corrected chi connectivity index (χ1v) is 5.86. The molecule has 0 saturated carbocycles. The fourth-order valence-electron chi connectivity index (χ4n) is 1.33. The molecule has 0 heterocycles. The third kappa shape index (κ3) is 8.50. The summed E-state index contributed by atoms with van der Waals surface area (Å²) >= 11 is 0. The number of rotatable bonds is 8. The van der Waals surface area contributed by atoms with E-state index in [0.29, 0.717) is 13.0 Å². The molecule has 0 bridgehead atoms. The molecule has 6 nitrogen and oxygen atoms in total. The number of urea groups is 1. The van der Waals surface area contributed by atoms with Crippen molar-refractivity contribution in [2.24, 2.45) is 5.92 Å². The van der Waals surface area contributed by atoms with Crippen molar-refractivity contribution >= 4 is 12.0 Å². The third-order valence-corrected chi connectivity index (χ3v) is 2.34. The monoisotopic (exact) mass is 245 g/mol. The van der Waals surface area contributed by atoms with Gasteiger partial charge in [0, 0.05) is 19.6 Å². The van der Waals surface area contributed by atoms with Crippen molar-refractivity contribution in [3.8, 4) is 0 Å². The molecule has 0 radical (unpaired) electrons. The van der Waals surface area contributed by atoms with Gasteiger partial charge >= 0.3 is 12.0 Å². The van der Waals surface area contributed by atoms with Crippen LogP contribution in [0.3, 0.4) is 0 Å². The highest BCUT2D eigenvalue weighted by Gasteiger charge is 2.16. The molecule has 6 heteroatoms. The number of hydrogen-bond acceptors (Lipinski definition) is 3. The predicted molar refractivity (Wildman–Crippen MR) is 66.0 cm³/mol. The van der Waals surface area contributed by atoms with Gasteiger partial charge in [-0.15, -0.1) is 0 Å². The number of amides is 2. The van der Waals surface area contributed by atoms with Crippen molar-refractivity contribution < 1.29 is 14.7 Å². The minimum absolute atomic E-state index is 0.178. The first-order valence-electron chi connectivity index (χ1n) is 5.86. The zero-order chi connectivity index (χ0) is 13.3. The Labute approximate surface area is 102 Å². The zero-order valence-corrected chi connectivity index (χ0v) is 10.8. The highest BCUT2D eigenvalue weighted by Crippen LogP contribution is 2.04. The van der Waals surface area contributed by atoms with Gasteiger partial charge in [-0.3, -0.25) is 4.79 Å². The zero-order valence-electron chi connectivity index (χ0n) is 10.8. The summed E-state index contributed by atoms with van der Waals surface area (Å²) in [6, 6.07) is -0.311. The Balaban J connectivity index is 3.76. The van der Waals surface area contributed by atoms with Crippen LogP contribution >= 0.6 is 0 Å². The molecule has 0 rings (SSSR count). The molecule has 1 atom stereocenters. The molecule has 2 amide bonds. The molecule has 0 saturated heterocycles. The summed E-state index contributed by atoms with van der Waals surface area (Å²) in [5.74, 6) is -1.36. The van der Waals surface area contributed by atoms with Crippen LogP contribution in [0.5, 0.6) is 0 Å². The molecular formula is C11H23N3O3. The molecule has 0 aliphatic heterocycles. The lowest BCUT2D eigenvalue weighted by Gasteiger charge is -2.14. The minimum atomic E-state index is -0.861.